The van der Waals surface area contributed by atoms with Crippen molar-refractivity contribution in [1.29, 1.82) is 0 Å². The monoisotopic (exact) mass is 285 g/mol. The van der Waals surface area contributed by atoms with Crippen molar-refractivity contribution in [3.63, 3.8) is 0 Å². The molecule has 3 rings (SSSR count). The molecule has 0 aliphatic rings. The van der Waals surface area contributed by atoms with Gasteiger partial charge in [-0.15, -0.1) is 0 Å². The molecule has 6 heteroatoms. The molecule has 0 saturated carbocycles. The molecule has 0 aliphatic heterocycles. The Morgan fingerprint density at radius 2 is 1.70 bits per heavy atom. The van der Waals surface area contributed by atoms with E-state index < -0.39 is 0 Å². The normalized spacial score (nSPS) is 10.4. The Balaban J connectivity index is 1.99. The predicted molar refractivity (Wildman–Crippen MR) is 78.1 cm³/mol. The highest BCUT2D eigenvalue weighted by atomic mass is 32.1. The number of nitrogens with one attached hydrogen (secondary N) is 2. The summed E-state index contributed by atoms with van der Waals surface area (Å²) in [6.07, 6.45) is 0. The first kappa shape index (κ1) is 12.4. The lowest BCUT2D eigenvalue weighted by molar-refractivity contribution is 0.482. The van der Waals surface area contributed by atoms with Crippen LogP contribution in [-0.4, -0.2) is 14.8 Å². The van der Waals surface area contributed by atoms with E-state index >= 15 is 0 Å². The molecule has 1 heterocycles. The van der Waals surface area contributed by atoms with Gasteiger partial charge in [-0.1, -0.05) is 24.3 Å². The lowest BCUT2D eigenvalue weighted by atomic mass is 10.3. The van der Waals surface area contributed by atoms with Gasteiger partial charge in [0.05, 0.1) is 5.69 Å². The van der Waals surface area contributed by atoms with E-state index in [2.05, 4.69) is 10.2 Å². The highest BCUT2D eigenvalue weighted by Gasteiger charge is 2.05. The minimum atomic E-state index is -0.313. The number of hydrogen-bond donors (Lipinski definition) is 2. The molecule has 0 unspecified atom stereocenters. The van der Waals surface area contributed by atoms with Crippen LogP contribution in [0.2, 0.25) is 0 Å². The molecule has 100 valence electrons. The second-order valence-electron chi connectivity index (χ2n) is 4.11. The largest absolute Gasteiger partial charge is 0.457 e. The molecule has 0 aliphatic carbocycles. The standard InChI is InChI=1S/C14H11N3O2S/c18-13-15-16-14(20)17(13)10-5-4-8-12(9-10)19-11-6-2-1-3-7-11/h1-9H,(H,15,18)(H,16,20). The van der Waals surface area contributed by atoms with E-state index in [9.17, 15) is 4.79 Å². The Kier molecular flexibility index (Phi) is 3.22. The van der Waals surface area contributed by atoms with E-state index in [1.807, 2.05) is 42.5 Å². The Hall–Kier alpha value is -2.60. The summed E-state index contributed by atoms with van der Waals surface area (Å²) in [5.41, 5.74) is 0.331. The van der Waals surface area contributed by atoms with E-state index in [1.165, 1.54) is 4.57 Å². The van der Waals surface area contributed by atoms with Gasteiger partial charge in [0.1, 0.15) is 11.5 Å². The number of benzene rings is 2. The first-order valence-corrected chi connectivity index (χ1v) is 6.38. The van der Waals surface area contributed by atoms with Gasteiger partial charge < -0.3 is 4.74 Å². The first-order valence-electron chi connectivity index (χ1n) is 5.97. The maximum atomic E-state index is 11.7. The Labute approximate surface area is 119 Å². The molecule has 0 radical (unpaired) electrons. The summed E-state index contributed by atoms with van der Waals surface area (Å²) < 4.78 is 7.41. The van der Waals surface area contributed by atoms with Crippen molar-refractivity contribution >= 4 is 12.2 Å². The van der Waals surface area contributed by atoms with Gasteiger partial charge in [-0.2, -0.15) is 0 Å². The molecule has 2 N–H and O–H groups in total. The molecule has 2 aromatic carbocycles. The van der Waals surface area contributed by atoms with Crippen molar-refractivity contribution in [2.45, 2.75) is 0 Å². The van der Waals surface area contributed by atoms with Gasteiger partial charge in [-0.25, -0.2) is 14.5 Å². The van der Waals surface area contributed by atoms with Crippen LogP contribution >= 0.6 is 12.2 Å². The topological polar surface area (TPSA) is 62.8 Å². The SMILES string of the molecule is O=c1[nH][nH]c(=S)n1-c1cccc(Oc2ccccc2)c1. The Morgan fingerprint density at radius 1 is 0.950 bits per heavy atom. The average molecular weight is 285 g/mol. The highest BCUT2D eigenvalue weighted by molar-refractivity contribution is 7.71. The summed E-state index contributed by atoms with van der Waals surface area (Å²) in [6.45, 7) is 0. The van der Waals surface area contributed by atoms with Gasteiger partial charge in [0, 0.05) is 6.07 Å². The van der Waals surface area contributed by atoms with Crippen molar-refractivity contribution in [3.8, 4) is 17.2 Å². The second kappa shape index (κ2) is 5.18. The molecule has 1 aromatic heterocycles. The molecule has 0 saturated heterocycles. The zero-order chi connectivity index (χ0) is 13.9. The number of rotatable bonds is 3. The van der Waals surface area contributed by atoms with Gasteiger partial charge in [-0.3, -0.25) is 5.10 Å². The first-order chi connectivity index (χ1) is 9.74. The van der Waals surface area contributed by atoms with Gasteiger partial charge in [0.25, 0.3) is 0 Å². The van der Waals surface area contributed by atoms with Crippen LogP contribution in [0.4, 0.5) is 0 Å². The van der Waals surface area contributed by atoms with Crippen LogP contribution in [0, 0.1) is 4.77 Å². The summed E-state index contributed by atoms with van der Waals surface area (Å²) in [7, 11) is 0. The minimum absolute atomic E-state index is 0.312. The van der Waals surface area contributed by atoms with Crippen molar-refractivity contribution in [2.24, 2.45) is 0 Å². The molecule has 5 nitrogen and oxygen atoms in total. The molecule has 0 fully saturated rings. The highest BCUT2D eigenvalue weighted by Crippen LogP contribution is 2.22. The number of H-pyrrole nitrogens is 2. The lowest BCUT2D eigenvalue weighted by Gasteiger charge is -2.07. The fourth-order valence-electron chi connectivity index (χ4n) is 1.86. The third kappa shape index (κ3) is 2.41. The molecular formula is C14H11N3O2S. The number of aromatic nitrogens is 3. The van der Waals surface area contributed by atoms with E-state index in [0.29, 0.717) is 16.2 Å². The van der Waals surface area contributed by atoms with Crippen LogP contribution in [0.3, 0.4) is 0 Å². The molecule has 3 aromatic rings. The van der Waals surface area contributed by atoms with Crippen molar-refractivity contribution in [3.05, 3.63) is 69.9 Å². The Morgan fingerprint density at radius 3 is 2.40 bits per heavy atom. The van der Waals surface area contributed by atoms with Gasteiger partial charge in [-0.05, 0) is 36.5 Å². The van der Waals surface area contributed by atoms with Crippen LogP contribution in [0.5, 0.6) is 11.5 Å². The van der Waals surface area contributed by atoms with E-state index in [1.54, 1.807) is 12.1 Å². The fourth-order valence-corrected chi connectivity index (χ4v) is 2.10. The van der Waals surface area contributed by atoms with E-state index in [4.69, 9.17) is 17.0 Å². The molecular weight excluding hydrogens is 274 g/mol. The van der Waals surface area contributed by atoms with Crippen molar-refractivity contribution in [2.75, 3.05) is 0 Å². The zero-order valence-electron chi connectivity index (χ0n) is 10.4. The van der Waals surface area contributed by atoms with Gasteiger partial charge >= 0.3 is 5.69 Å². The molecule has 0 amide bonds. The van der Waals surface area contributed by atoms with Crippen molar-refractivity contribution in [1.82, 2.24) is 14.8 Å². The van der Waals surface area contributed by atoms with Crippen LogP contribution in [0.15, 0.2) is 59.4 Å². The second-order valence-corrected chi connectivity index (χ2v) is 4.49. The van der Waals surface area contributed by atoms with Gasteiger partial charge in [0.15, 0.2) is 0 Å². The quantitative estimate of drug-likeness (QED) is 0.727. The third-order valence-corrected chi connectivity index (χ3v) is 3.02. The molecule has 20 heavy (non-hydrogen) atoms. The predicted octanol–water partition coefficient (Wildman–Crippen LogP) is 3.02. The van der Waals surface area contributed by atoms with Crippen LogP contribution < -0.4 is 10.4 Å². The summed E-state index contributed by atoms with van der Waals surface area (Å²) >= 11 is 5.06. The van der Waals surface area contributed by atoms with E-state index in [0.717, 1.165) is 5.75 Å². The summed E-state index contributed by atoms with van der Waals surface area (Å²) in [5.74, 6) is 1.37. The van der Waals surface area contributed by atoms with Crippen LogP contribution in [-0.2, 0) is 0 Å². The Bertz CT molecular complexity index is 806. The third-order valence-electron chi connectivity index (χ3n) is 2.74. The molecule has 0 atom stereocenters. The lowest BCUT2D eigenvalue weighted by Crippen LogP contribution is -2.14. The number of aromatic amines is 2. The maximum Gasteiger partial charge on any atom is 0.347 e. The molecule has 0 spiro atoms. The fraction of sp³-hybridized carbons (Fsp3) is 0. The van der Waals surface area contributed by atoms with E-state index in [-0.39, 0.29) is 5.69 Å². The smallest absolute Gasteiger partial charge is 0.347 e. The summed E-state index contributed by atoms with van der Waals surface area (Å²) in [5, 5.41) is 5.05. The summed E-state index contributed by atoms with van der Waals surface area (Å²) in [4.78, 5) is 11.7. The number of ether oxygens (including phenoxy) is 1. The average Bonchev–Trinajstić information content (AvgIpc) is 2.80. The van der Waals surface area contributed by atoms with Gasteiger partial charge in [0.2, 0.25) is 4.77 Å². The minimum Gasteiger partial charge on any atom is -0.457 e. The number of hydrogen-bond acceptors (Lipinski definition) is 3. The molecule has 0 bridgehead atoms. The maximum absolute atomic E-state index is 11.7. The van der Waals surface area contributed by atoms with Crippen LogP contribution in [0.25, 0.3) is 5.69 Å². The zero-order valence-corrected chi connectivity index (χ0v) is 11.2. The van der Waals surface area contributed by atoms with Crippen molar-refractivity contribution < 1.29 is 4.74 Å². The van der Waals surface area contributed by atoms with Crippen LogP contribution in [0.1, 0.15) is 0 Å². The summed E-state index contributed by atoms with van der Waals surface area (Å²) in [6, 6.07) is 16.6. The number of para-hydroxylation sites is 1. The number of nitrogens with zero attached hydrogens (tertiary/aromatic N) is 1.